The Morgan fingerprint density at radius 2 is 1.83 bits per heavy atom. The van der Waals surface area contributed by atoms with Crippen LogP contribution >= 0.6 is 0 Å². The molecule has 120 valence electrons. The number of benzene rings is 2. The average Bonchev–Trinajstić information content (AvgIpc) is 2.55. The van der Waals surface area contributed by atoms with Crippen molar-refractivity contribution in [3.05, 3.63) is 59.4 Å². The predicted octanol–water partition coefficient (Wildman–Crippen LogP) is 3.80. The molecule has 0 fully saturated rings. The predicted molar refractivity (Wildman–Crippen MR) is 88.3 cm³/mol. The summed E-state index contributed by atoms with van der Waals surface area (Å²) < 4.78 is 24.0. The Bertz CT molecular complexity index is 741. The van der Waals surface area contributed by atoms with Crippen molar-refractivity contribution in [1.82, 2.24) is 0 Å². The number of nitrogens with one attached hydrogen (secondary N) is 1. The SMILES string of the molecule is COc1ccc(/C=C/C(=O)Nc2ccc(C)cc2F)cc1OC. The van der Waals surface area contributed by atoms with Crippen LogP contribution < -0.4 is 14.8 Å². The first-order valence-electron chi connectivity index (χ1n) is 7.00. The normalized spacial score (nSPS) is 10.6. The summed E-state index contributed by atoms with van der Waals surface area (Å²) in [6.07, 6.45) is 2.95. The van der Waals surface area contributed by atoms with Crippen LogP contribution in [0.4, 0.5) is 10.1 Å². The van der Waals surface area contributed by atoms with Crippen molar-refractivity contribution < 1.29 is 18.7 Å². The highest BCUT2D eigenvalue weighted by atomic mass is 19.1. The fraction of sp³-hybridized carbons (Fsp3) is 0.167. The van der Waals surface area contributed by atoms with Crippen molar-refractivity contribution in [2.45, 2.75) is 6.92 Å². The Labute approximate surface area is 134 Å². The van der Waals surface area contributed by atoms with Gasteiger partial charge in [0.2, 0.25) is 5.91 Å². The van der Waals surface area contributed by atoms with Gasteiger partial charge in [0, 0.05) is 6.08 Å². The van der Waals surface area contributed by atoms with Gasteiger partial charge in [-0.1, -0.05) is 12.1 Å². The zero-order chi connectivity index (χ0) is 16.8. The summed E-state index contributed by atoms with van der Waals surface area (Å²) >= 11 is 0. The topological polar surface area (TPSA) is 47.6 Å². The molecule has 2 rings (SSSR count). The maximum absolute atomic E-state index is 13.7. The maximum Gasteiger partial charge on any atom is 0.248 e. The number of hydrogen-bond acceptors (Lipinski definition) is 3. The van der Waals surface area contributed by atoms with Crippen molar-refractivity contribution in [1.29, 1.82) is 0 Å². The Kier molecular flexibility index (Phi) is 5.36. The molecular formula is C18H18FNO3. The van der Waals surface area contributed by atoms with Crippen LogP contribution in [0.2, 0.25) is 0 Å². The van der Waals surface area contributed by atoms with E-state index >= 15 is 0 Å². The fourth-order valence-electron chi connectivity index (χ4n) is 2.02. The number of methoxy groups -OCH3 is 2. The average molecular weight is 315 g/mol. The van der Waals surface area contributed by atoms with Gasteiger partial charge in [0.05, 0.1) is 19.9 Å². The van der Waals surface area contributed by atoms with Gasteiger partial charge >= 0.3 is 0 Å². The van der Waals surface area contributed by atoms with E-state index in [0.29, 0.717) is 11.5 Å². The van der Waals surface area contributed by atoms with E-state index in [0.717, 1.165) is 11.1 Å². The summed E-state index contributed by atoms with van der Waals surface area (Å²) in [6, 6.07) is 9.92. The van der Waals surface area contributed by atoms with Crippen LogP contribution in [-0.2, 0) is 4.79 Å². The number of carbonyl (C=O) groups is 1. The molecule has 0 radical (unpaired) electrons. The zero-order valence-electron chi connectivity index (χ0n) is 13.2. The van der Waals surface area contributed by atoms with E-state index in [4.69, 9.17) is 9.47 Å². The molecule has 0 unspecified atom stereocenters. The van der Waals surface area contributed by atoms with E-state index in [1.165, 1.54) is 25.3 Å². The summed E-state index contributed by atoms with van der Waals surface area (Å²) in [7, 11) is 3.09. The molecule has 0 atom stereocenters. The molecule has 0 aliphatic rings. The lowest BCUT2D eigenvalue weighted by Gasteiger charge is -2.07. The van der Waals surface area contributed by atoms with Crippen molar-refractivity contribution in [3.63, 3.8) is 0 Å². The molecule has 0 heterocycles. The van der Waals surface area contributed by atoms with E-state index in [1.807, 2.05) is 0 Å². The molecule has 0 saturated carbocycles. The molecule has 1 amide bonds. The number of amides is 1. The molecule has 0 spiro atoms. The molecular weight excluding hydrogens is 297 g/mol. The van der Waals surface area contributed by atoms with E-state index < -0.39 is 11.7 Å². The Morgan fingerprint density at radius 3 is 2.48 bits per heavy atom. The largest absolute Gasteiger partial charge is 0.493 e. The summed E-state index contributed by atoms with van der Waals surface area (Å²) in [5.74, 6) is 0.302. The molecule has 23 heavy (non-hydrogen) atoms. The molecule has 0 aliphatic carbocycles. The minimum absolute atomic E-state index is 0.151. The third-order valence-corrected chi connectivity index (χ3v) is 3.22. The second-order valence-electron chi connectivity index (χ2n) is 4.92. The second-order valence-corrected chi connectivity index (χ2v) is 4.92. The van der Waals surface area contributed by atoms with Crippen molar-refractivity contribution >= 4 is 17.7 Å². The van der Waals surface area contributed by atoms with E-state index in [2.05, 4.69) is 5.32 Å². The molecule has 4 nitrogen and oxygen atoms in total. The van der Waals surface area contributed by atoms with Crippen LogP contribution in [0, 0.1) is 12.7 Å². The van der Waals surface area contributed by atoms with E-state index in [-0.39, 0.29) is 5.69 Å². The number of anilines is 1. The number of carbonyl (C=O) groups excluding carboxylic acids is 1. The van der Waals surface area contributed by atoms with Gasteiger partial charge in [-0.3, -0.25) is 4.79 Å². The number of aryl methyl sites for hydroxylation is 1. The lowest BCUT2D eigenvalue weighted by molar-refractivity contribution is -0.111. The monoisotopic (exact) mass is 315 g/mol. The number of halogens is 1. The van der Waals surface area contributed by atoms with Gasteiger partial charge in [-0.05, 0) is 48.4 Å². The standard InChI is InChI=1S/C18H18FNO3/c1-12-4-7-15(14(19)10-12)20-18(21)9-6-13-5-8-16(22-2)17(11-13)23-3/h4-11H,1-3H3,(H,20,21)/b9-6+. The molecule has 5 heteroatoms. The van der Waals surface area contributed by atoms with Gasteiger partial charge in [-0.25, -0.2) is 4.39 Å². The van der Waals surface area contributed by atoms with Gasteiger partial charge < -0.3 is 14.8 Å². The maximum atomic E-state index is 13.7. The first kappa shape index (κ1) is 16.5. The molecule has 2 aromatic carbocycles. The number of rotatable bonds is 5. The van der Waals surface area contributed by atoms with Crippen LogP contribution in [0.15, 0.2) is 42.5 Å². The summed E-state index contributed by atoms with van der Waals surface area (Å²) in [6.45, 7) is 1.78. The minimum atomic E-state index is -0.460. The molecule has 2 aromatic rings. The Balaban J connectivity index is 2.09. The third kappa shape index (κ3) is 4.32. The van der Waals surface area contributed by atoms with E-state index in [9.17, 15) is 9.18 Å². The highest BCUT2D eigenvalue weighted by molar-refractivity contribution is 6.02. The Hall–Kier alpha value is -2.82. The molecule has 0 aliphatic heterocycles. The second kappa shape index (κ2) is 7.45. The van der Waals surface area contributed by atoms with Crippen LogP contribution in [0.5, 0.6) is 11.5 Å². The van der Waals surface area contributed by atoms with E-state index in [1.54, 1.807) is 44.4 Å². The number of hydrogen-bond donors (Lipinski definition) is 1. The Morgan fingerprint density at radius 1 is 1.09 bits per heavy atom. The molecule has 0 saturated heterocycles. The van der Waals surface area contributed by atoms with Crippen LogP contribution in [0.3, 0.4) is 0 Å². The van der Waals surface area contributed by atoms with Crippen molar-refractivity contribution in [2.24, 2.45) is 0 Å². The highest BCUT2D eigenvalue weighted by Crippen LogP contribution is 2.28. The first-order valence-corrected chi connectivity index (χ1v) is 7.00. The smallest absolute Gasteiger partial charge is 0.248 e. The third-order valence-electron chi connectivity index (χ3n) is 3.22. The van der Waals surface area contributed by atoms with Crippen LogP contribution in [0.1, 0.15) is 11.1 Å². The summed E-state index contributed by atoms with van der Waals surface area (Å²) in [5, 5.41) is 2.50. The summed E-state index contributed by atoms with van der Waals surface area (Å²) in [4.78, 5) is 11.9. The molecule has 0 bridgehead atoms. The van der Waals surface area contributed by atoms with Gasteiger partial charge in [-0.15, -0.1) is 0 Å². The molecule has 0 aromatic heterocycles. The first-order chi connectivity index (χ1) is 11.0. The van der Waals surface area contributed by atoms with Gasteiger partial charge in [-0.2, -0.15) is 0 Å². The lowest BCUT2D eigenvalue weighted by Crippen LogP contribution is -2.09. The van der Waals surface area contributed by atoms with Crippen LogP contribution in [0.25, 0.3) is 6.08 Å². The zero-order valence-corrected chi connectivity index (χ0v) is 13.2. The number of ether oxygens (including phenoxy) is 2. The van der Waals surface area contributed by atoms with Gasteiger partial charge in [0.25, 0.3) is 0 Å². The summed E-state index contributed by atoms with van der Waals surface area (Å²) in [5.41, 5.74) is 1.71. The minimum Gasteiger partial charge on any atom is -0.493 e. The molecule has 1 N–H and O–H groups in total. The van der Waals surface area contributed by atoms with Crippen molar-refractivity contribution in [2.75, 3.05) is 19.5 Å². The van der Waals surface area contributed by atoms with Gasteiger partial charge in [0.1, 0.15) is 5.82 Å². The lowest BCUT2D eigenvalue weighted by atomic mass is 10.2. The van der Waals surface area contributed by atoms with Gasteiger partial charge in [0.15, 0.2) is 11.5 Å². The highest BCUT2D eigenvalue weighted by Gasteiger charge is 2.06. The van der Waals surface area contributed by atoms with Crippen LogP contribution in [-0.4, -0.2) is 20.1 Å². The fourth-order valence-corrected chi connectivity index (χ4v) is 2.02. The van der Waals surface area contributed by atoms with Crippen molar-refractivity contribution in [3.8, 4) is 11.5 Å². The quantitative estimate of drug-likeness (QED) is 0.854.